The minimum absolute atomic E-state index is 0.255. The number of anilines is 1. The van der Waals surface area contributed by atoms with Gasteiger partial charge in [0.15, 0.2) is 0 Å². The molecule has 7 nitrogen and oxygen atoms in total. The summed E-state index contributed by atoms with van der Waals surface area (Å²) >= 11 is 0.794. The van der Waals surface area contributed by atoms with Crippen LogP contribution < -0.4 is 10.9 Å². The Bertz CT molecular complexity index is 1290. The summed E-state index contributed by atoms with van der Waals surface area (Å²) in [6.07, 6.45) is 5.08. The number of hydrogen-bond acceptors (Lipinski definition) is 6. The fourth-order valence-electron chi connectivity index (χ4n) is 2.95. The Morgan fingerprint density at radius 2 is 1.84 bits per heavy atom. The van der Waals surface area contributed by atoms with E-state index in [1.807, 2.05) is 36.4 Å². The topological polar surface area (TPSA) is 96.7 Å². The van der Waals surface area contributed by atoms with Gasteiger partial charge in [-0.2, -0.15) is 0 Å². The molecule has 3 amide bonds. The maximum absolute atomic E-state index is 12.5. The number of hydrogen-bond donors (Lipinski definition) is 1. The molecule has 2 aromatic carbocycles. The number of nitrogens with zero attached hydrogens (tertiary/aromatic N) is 1. The van der Waals surface area contributed by atoms with Crippen molar-refractivity contribution in [3.05, 3.63) is 93.7 Å². The van der Waals surface area contributed by atoms with Crippen LogP contribution in [0.1, 0.15) is 5.56 Å². The summed E-state index contributed by atoms with van der Waals surface area (Å²) in [6, 6.07) is 17.2. The first-order chi connectivity index (χ1) is 15.0. The van der Waals surface area contributed by atoms with Crippen molar-refractivity contribution in [2.45, 2.75) is 0 Å². The van der Waals surface area contributed by atoms with Crippen molar-refractivity contribution < 1.29 is 18.8 Å². The third-order valence-corrected chi connectivity index (χ3v) is 5.34. The summed E-state index contributed by atoms with van der Waals surface area (Å²) in [5.41, 5.74) is 1.35. The minimum atomic E-state index is -0.514. The molecule has 31 heavy (non-hydrogen) atoms. The number of rotatable bonds is 5. The van der Waals surface area contributed by atoms with Gasteiger partial charge in [0, 0.05) is 17.1 Å². The highest BCUT2D eigenvalue weighted by Gasteiger charge is 2.35. The fraction of sp³-hybridized carbons (Fsp3) is 0.0435. The number of amides is 3. The van der Waals surface area contributed by atoms with Gasteiger partial charge in [0.25, 0.3) is 11.1 Å². The Balaban J connectivity index is 1.41. The van der Waals surface area contributed by atoms with E-state index in [1.165, 1.54) is 6.07 Å². The molecule has 1 aliphatic rings. The molecule has 0 saturated carbocycles. The van der Waals surface area contributed by atoms with E-state index in [9.17, 15) is 19.2 Å². The average Bonchev–Trinajstić information content (AvgIpc) is 3.02. The quantitative estimate of drug-likeness (QED) is 0.483. The van der Waals surface area contributed by atoms with Crippen molar-refractivity contribution in [2.24, 2.45) is 0 Å². The van der Waals surface area contributed by atoms with Crippen LogP contribution in [0.3, 0.4) is 0 Å². The molecule has 154 valence electrons. The number of nitrogens with one attached hydrogen (secondary N) is 1. The highest BCUT2D eigenvalue weighted by molar-refractivity contribution is 8.18. The zero-order valence-corrected chi connectivity index (χ0v) is 16.9. The third kappa shape index (κ3) is 4.81. The standard InChI is InChI=1S/C23H16N2O5S/c26-20(24-17-10-11-18-16(13-17)9-12-21(27)30-18)14-25-22(28)19(31-23(25)29)8-4-7-15-5-2-1-3-6-15/h1-13H,14H2,(H,24,26)/b7-4+,19-8-. The number of carbonyl (C=O) groups excluding carboxylic acids is 3. The molecule has 1 fully saturated rings. The van der Waals surface area contributed by atoms with Gasteiger partial charge in [-0.15, -0.1) is 0 Å². The molecule has 4 rings (SSSR count). The van der Waals surface area contributed by atoms with Crippen LogP contribution in [0.15, 0.2) is 86.9 Å². The normalized spacial score (nSPS) is 15.4. The van der Waals surface area contributed by atoms with Crippen LogP contribution in [-0.4, -0.2) is 28.5 Å². The van der Waals surface area contributed by atoms with Crippen molar-refractivity contribution in [3.8, 4) is 0 Å². The highest BCUT2D eigenvalue weighted by Crippen LogP contribution is 2.30. The minimum Gasteiger partial charge on any atom is -0.423 e. The summed E-state index contributed by atoms with van der Waals surface area (Å²) in [7, 11) is 0. The first kappa shape index (κ1) is 20.4. The second kappa shape index (κ2) is 8.85. The lowest BCUT2D eigenvalue weighted by molar-refractivity contribution is -0.127. The van der Waals surface area contributed by atoms with Gasteiger partial charge in [-0.25, -0.2) is 4.79 Å². The van der Waals surface area contributed by atoms with Crippen LogP contribution in [0, 0.1) is 0 Å². The molecule has 8 heteroatoms. The monoisotopic (exact) mass is 432 g/mol. The predicted molar refractivity (Wildman–Crippen MR) is 119 cm³/mol. The Labute approximate surface area is 181 Å². The molecule has 3 aromatic rings. The van der Waals surface area contributed by atoms with Gasteiger partial charge in [0.2, 0.25) is 5.91 Å². The first-order valence-corrected chi connectivity index (χ1v) is 10.1. The first-order valence-electron chi connectivity index (χ1n) is 9.30. The molecule has 1 aliphatic heterocycles. The number of thioether (sulfide) groups is 1. The number of imide groups is 1. The molecular formula is C23H16N2O5S. The van der Waals surface area contributed by atoms with E-state index in [4.69, 9.17) is 4.42 Å². The lowest BCUT2D eigenvalue weighted by Gasteiger charge is -2.12. The second-order valence-corrected chi connectivity index (χ2v) is 7.61. The van der Waals surface area contributed by atoms with Crippen molar-refractivity contribution in [1.82, 2.24) is 4.90 Å². The molecule has 1 aromatic heterocycles. The largest absolute Gasteiger partial charge is 0.423 e. The second-order valence-electron chi connectivity index (χ2n) is 6.62. The summed E-state index contributed by atoms with van der Waals surface area (Å²) in [6.45, 7) is -0.397. The number of allylic oxidation sites excluding steroid dienone is 2. The van der Waals surface area contributed by atoms with E-state index in [2.05, 4.69) is 5.32 Å². The highest BCUT2D eigenvalue weighted by atomic mass is 32.2. The van der Waals surface area contributed by atoms with Gasteiger partial charge in [0.05, 0.1) is 4.91 Å². The summed E-state index contributed by atoms with van der Waals surface area (Å²) < 4.78 is 5.05. The van der Waals surface area contributed by atoms with E-state index >= 15 is 0 Å². The van der Waals surface area contributed by atoms with Crippen LogP contribution in [-0.2, 0) is 9.59 Å². The molecule has 0 bridgehead atoms. The number of benzene rings is 2. The Kier molecular flexibility index (Phi) is 5.81. The molecule has 0 radical (unpaired) electrons. The van der Waals surface area contributed by atoms with Crippen molar-refractivity contribution in [2.75, 3.05) is 11.9 Å². The van der Waals surface area contributed by atoms with E-state index < -0.39 is 29.2 Å². The third-order valence-electron chi connectivity index (χ3n) is 4.41. The Morgan fingerprint density at radius 3 is 2.65 bits per heavy atom. The van der Waals surface area contributed by atoms with Crippen LogP contribution in [0.5, 0.6) is 0 Å². The summed E-state index contributed by atoms with van der Waals surface area (Å²) in [5, 5.41) is 2.78. The van der Waals surface area contributed by atoms with Gasteiger partial charge in [0.1, 0.15) is 12.1 Å². The molecule has 0 aliphatic carbocycles. The number of carbonyl (C=O) groups is 3. The maximum atomic E-state index is 12.5. The van der Waals surface area contributed by atoms with Gasteiger partial charge in [-0.05, 0) is 47.7 Å². The van der Waals surface area contributed by atoms with Gasteiger partial charge < -0.3 is 9.73 Å². The van der Waals surface area contributed by atoms with E-state index in [-0.39, 0.29) is 4.91 Å². The van der Waals surface area contributed by atoms with Crippen molar-refractivity contribution >= 4 is 51.5 Å². The maximum Gasteiger partial charge on any atom is 0.336 e. The SMILES string of the molecule is O=C(CN1C(=O)S/C(=C\C=C\c2ccccc2)C1=O)Nc1ccc2oc(=O)ccc2c1. The lowest BCUT2D eigenvalue weighted by atomic mass is 10.2. The van der Waals surface area contributed by atoms with Crippen LogP contribution in [0.25, 0.3) is 17.0 Å². The molecule has 0 spiro atoms. The van der Waals surface area contributed by atoms with Crippen molar-refractivity contribution in [1.29, 1.82) is 0 Å². The lowest BCUT2D eigenvalue weighted by Crippen LogP contribution is -2.36. The Morgan fingerprint density at radius 1 is 1.03 bits per heavy atom. The van der Waals surface area contributed by atoms with Gasteiger partial charge in [-0.3, -0.25) is 19.3 Å². The molecule has 2 heterocycles. The molecule has 1 saturated heterocycles. The van der Waals surface area contributed by atoms with Crippen LogP contribution in [0.4, 0.5) is 10.5 Å². The molecule has 0 atom stereocenters. The van der Waals surface area contributed by atoms with Crippen LogP contribution in [0.2, 0.25) is 0 Å². The molecule has 1 N–H and O–H groups in total. The van der Waals surface area contributed by atoms with Crippen molar-refractivity contribution in [3.63, 3.8) is 0 Å². The molecular weight excluding hydrogens is 416 g/mol. The van der Waals surface area contributed by atoms with E-state index in [1.54, 1.807) is 36.4 Å². The zero-order valence-electron chi connectivity index (χ0n) is 16.1. The average molecular weight is 432 g/mol. The smallest absolute Gasteiger partial charge is 0.336 e. The Hall–Kier alpha value is -3.91. The van der Waals surface area contributed by atoms with Gasteiger partial charge >= 0.3 is 5.63 Å². The van der Waals surface area contributed by atoms with E-state index in [0.717, 1.165) is 22.2 Å². The number of fused-ring (bicyclic) bond motifs is 1. The fourth-order valence-corrected chi connectivity index (χ4v) is 3.74. The summed E-state index contributed by atoms with van der Waals surface area (Å²) in [4.78, 5) is 49.5. The van der Waals surface area contributed by atoms with Crippen LogP contribution >= 0.6 is 11.8 Å². The van der Waals surface area contributed by atoms with E-state index in [0.29, 0.717) is 16.7 Å². The molecule has 0 unspecified atom stereocenters. The van der Waals surface area contributed by atoms with Gasteiger partial charge in [-0.1, -0.05) is 42.5 Å². The zero-order chi connectivity index (χ0) is 21.8. The summed E-state index contributed by atoms with van der Waals surface area (Å²) in [5.74, 6) is -1.02. The predicted octanol–water partition coefficient (Wildman–Crippen LogP) is 4.02.